The molecule has 0 aliphatic carbocycles. The normalized spacial score (nSPS) is 10.2. The van der Waals surface area contributed by atoms with Gasteiger partial charge in [-0.1, -0.05) is 11.6 Å². The SMILES string of the molecule is Nc1cnc(Cl)cc1C(=O)NCc1nccs1. The predicted octanol–water partition coefficient (Wildman–Crippen LogP) is 1.70. The number of hydrogen-bond donors (Lipinski definition) is 2. The Morgan fingerprint density at radius 1 is 1.53 bits per heavy atom. The van der Waals surface area contributed by atoms with Gasteiger partial charge in [0.2, 0.25) is 0 Å². The van der Waals surface area contributed by atoms with Crippen LogP contribution in [0.3, 0.4) is 0 Å². The maximum Gasteiger partial charge on any atom is 0.253 e. The number of nitrogens with one attached hydrogen (secondary N) is 1. The molecule has 0 bridgehead atoms. The lowest BCUT2D eigenvalue weighted by atomic mass is 10.2. The van der Waals surface area contributed by atoms with Crippen LogP contribution >= 0.6 is 22.9 Å². The van der Waals surface area contributed by atoms with E-state index < -0.39 is 0 Å². The molecular formula is C10H9ClN4OS. The number of pyridine rings is 1. The Hall–Kier alpha value is -1.66. The highest BCUT2D eigenvalue weighted by molar-refractivity contribution is 7.09. The molecule has 0 aliphatic heterocycles. The fourth-order valence-electron chi connectivity index (χ4n) is 1.23. The third-order valence-electron chi connectivity index (χ3n) is 2.03. The first-order valence-electron chi connectivity index (χ1n) is 4.74. The van der Waals surface area contributed by atoms with Gasteiger partial charge in [0.25, 0.3) is 5.91 Å². The summed E-state index contributed by atoms with van der Waals surface area (Å²) in [5, 5.41) is 5.62. The summed E-state index contributed by atoms with van der Waals surface area (Å²) in [5.74, 6) is -0.290. The lowest BCUT2D eigenvalue weighted by Crippen LogP contribution is -2.23. The van der Waals surface area contributed by atoms with Gasteiger partial charge in [-0.2, -0.15) is 0 Å². The molecule has 0 fully saturated rings. The highest BCUT2D eigenvalue weighted by Crippen LogP contribution is 2.15. The van der Waals surface area contributed by atoms with E-state index in [2.05, 4.69) is 15.3 Å². The Morgan fingerprint density at radius 2 is 2.35 bits per heavy atom. The molecular weight excluding hydrogens is 260 g/mol. The fraction of sp³-hybridized carbons (Fsp3) is 0.100. The van der Waals surface area contributed by atoms with Gasteiger partial charge in [0.1, 0.15) is 10.2 Å². The first kappa shape index (κ1) is 11.8. The highest BCUT2D eigenvalue weighted by Gasteiger charge is 2.11. The van der Waals surface area contributed by atoms with Gasteiger partial charge in [0.15, 0.2) is 0 Å². The average Bonchev–Trinajstić information content (AvgIpc) is 2.82. The van der Waals surface area contributed by atoms with Crippen molar-refractivity contribution in [2.24, 2.45) is 0 Å². The van der Waals surface area contributed by atoms with Crippen molar-refractivity contribution < 1.29 is 4.79 Å². The number of amides is 1. The summed E-state index contributed by atoms with van der Waals surface area (Å²) >= 11 is 7.18. The molecule has 0 aliphatic rings. The van der Waals surface area contributed by atoms with Crippen molar-refractivity contribution >= 4 is 34.5 Å². The van der Waals surface area contributed by atoms with Crippen LogP contribution in [0.2, 0.25) is 5.15 Å². The Balaban J connectivity index is 2.07. The molecule has 2 heterocycles. The number of anilines is 1. The van der Waals surface area contributed by atoms with Crippen LogP contribution in [0.1, 0.15) is 15.4 Å². The van der Waals surface area contributed by atoms with Crippen LogP contribution in [0.5, 0.6) is 0 Å². The van der Waals surface area contributed by atoms with Crippen LogP contribution in [0.15, 0.2) is 23.8 Å². The third kappa shape index (κ3) is 2.92. The first-order chi connectivity index (χ1) is 8.16. The second-order valence-corrected chi connectivity index (χ2v) is 4.57. The van der Waals surface area contributed by atoms with Gasteiger partial charge >= 0.3 is 0 Å². The van der Waals surface area contributed by atoms with E-state index in [9.17, 15) is 4.79 Å². The Labute approximate surface area is 107 Å². The molecule has 0 atom stereocenters. The van der Waals surface area contributed by atoms with Crippen molar-refractivity contribution in [3.05, 3.63) is 39.6 Å². The third-order valence-corrected chi connectivity index (χ3v) is 3.02. The number of halogens is 1. The maximum absolute atomic E-state index is 11.8. The molecule has 2 aromatic heterocycles. The van der Waals surface area contributed by atoms with Crippen LogP contribution in [-0.2, 0) is 6.54 Å². The molecule has 2 aromatic rings. The van der Waals surface area contributed by atoms with Crippen LogP contribution < -0.4 is 11.1 Å². The average molecular weight is 269 g/mol. The minimum atomic E-state index is -0.290. The molecule has 0 saturated heterocycles. The zero-order valence-electron chi connectivity index (χ0n) is 8.68. The largest absolute Gasteiger partial charge is 0.397 e. The van der Waals surface area contributed by atoms with Crippen molar-refractivity contribution in [2.75, 3.05) is 5.73 Å². The highest BCUT2D eigenvalue weighted by atomic mass is 35.5. The minimum Gasteiger partial charge on any atom is -0.397 e. The van der Waals surface area contributed by atoms with Crippen LogP contribution in [0, 0.1) is 0 Å². The summed E-state index contributed by atoms with van der Waals surface area (Å²) in [7, 11) is 0. The van der Waals surface area contributed by atoms with E-state index in [1.807, 2.05) is 5.38 Å². The minimum absolute atomic E-state index is 0.235. The summed E-state index contributed by atoms with van der Waals surface area (Å²) in [6.45, 7) is 0.371. The molecule has 1 amide bonds. The van der Waals surface area contributed by atoms with Gasteiger partial charge in [-0.05, 0) is 6.07 Å². The monoisotopic (exact) mass is 268 g/mol. The Morgan fingerprint density at radius 3 is 3.06 bits per heavy atom. The summed E-state index contributed by atoms with van der Waals surface area (Å²) in [6, 6.07) is 1.44. The van der Waals surface area contributed by atoms with Crippen molar-refractivity contribution in [3.63, 3.8) is 0 Å². The van der Waals surface area contributed by atoms with Crippen molar-refractivity contribution in [3.8, 4) is 0 Å². The maximum atomic E-state index is 11.8. The number of carbonyl (C=O) groups is 1. The number of aromatic nitrogens is 2. The molecule has 17 heavy (non-hydrogen) atoms. The van der Waals surface area contributed by atoms with E-state index in [1.165, 1.54) is 23.6 Å². The van der Waals surface area contributed by atoms with Crippen molar-refractivity contribution in [1.29, 1.82) is 0 Å². The summed E-state index contributed by atoms with van der Waals surface area (Å²) < 4.78 is 0. The zero-order chi connectivity index (χ0) is 12.3. The summed E-state index contributed by atoms with van der Waals surface area (Å²) in [6.07, 6.45) is 3.05. The van der Waals surface area contributed by atoms with E-state index >= 15 is 0 Å². The fourth-order valence-corrected chi connectivity index (χ4v) is 1.94. The van der Waals surface area contributed by atoms with E-state index in [0.717, 1.165) is 5.01 Å². The number of hydrogen-bond acceptors (Lipinski definition) is 5. The van der Waals surface area contributed by atoms with Gasteiger partial charge in [-0.25, -0.2) is 9.97 Å². The quantitative estimate of drug-likeness (QED) is 0.831. The molecule has 0 unspecified atom stereocenters. The Bertz CT molecular complexity index is 529. The number of carbonyl (C=O) groups excluding carboxylic acids is 1. The zero-order valence-corrected chi connectivity index (χ0v) is 10.3. The second-order valence-electron chi connectivity index (χ2n) is 3.20. The molecule has 0 aromatic carbocycles. The second kappa shape index (κ2) is 5.11. The van der Waals surface area contributed by atoms with Crippen LogP contribution in [0.25, 0.3) is 0 Å². The number of nitrogens with two attached hydrogens (primary N) is 1. The van der Waals surface area contributed by atoms with Gasteiger partial charge in [0.05, 0.1) is 24.0 Å². The predicted molar refractivity (Wildman–Crippen MR) is 66.9 cm³/mol. The van der Waals surface area contributed by atoms with E-state index in [4.69, 9.17) is 17.3 Å². The number of rotatable bonds is 3. The molecule has 7 heteroatoms. The molecule has 2 rings (SSSR count). The number of nitrogen functional groups attached to an aromatic ring is 1. The Kier molecular flexibility index (Phi) is 3.55. The smallest absolute Gasteiger partial charge is 0.253 e. The van der Waals surface area contributed by atoms with Gasteiger partial charge < -0.3 is 11.1 Å². The van der Waals surface area contributed by atoms with Gasteiger partial charge in [-0.3, -0.25) is 4.79 Å². The molecule has 88 valence electrons. The first-order valence-corrected chi connectivity index (χ1v) is 6.00. The van der Waals surface area contributed by atoms with Crippen LogP contribution in [-0.4, -0.2) is 15.9 Å². The number of thiazole rings is 1. The van der Waals surface area contributed by atoms with Crippen LogP contribution in [0.4, 0.5) is 5.69 Å². The summed E-state index contributed by atoms with van der Waals surface area (Å²) in [5.41, 5.74) is 6.26. The molecule has 5 nitrogen and oxygen atoms in total. The lowest BCUT2D eigenvalue weighted by molar-refractivity contribution is 0.0951. The molecule has 0 saturated carbocycles. The lowest BCUT2D eigenvalue weighted by Gasteiger charge is -2.05. The molecule has 0 radical (unpaired) electrons. The van der Waals surface area contributed by atoms with E-state index in [1.54, 1.807) is 6.20 Å². The van der Waals surface area contributed by atoms with Gasteiger partial charge in [0, 0.05) is 11.6 Å². The standard InChI is InChI=1S/C10H9ClN4OS/c11-8-3-6(7(12)4-14-8)10(16)15-5-9-13-1-2-17-9/h1-4H,5,12H2,(H,15,16). The summed E-state index contributed by atoms with van der Waals surface area (Å²) in [4.78, 5) is 19.7. The topological polar surface area (TPSA) is 80.9 Å². The van der Waals surface area contributed by atoms with Crippen molar-refractivity contribution in [1.82, 2.24) is 15.3 Å². The molecule has 0 spiro atoms. The van der Waals surface area contributed by atoms with Crippen molar-refractivity contribution in [2.45, 2.75) is 6.54 Å². The van der Waals surface area contributed by atoms with E-state index in [0.29, 0.717) is 17.8 Å². The molecule has 3 N–H and O–H groups in total. The van der Waals surface area contributed by atoms with E-state index in [-0.39, 0.29) is 11.1 Å². The van der Waals surface area contributed by atoms with Gasteiger partial charge in [-0.15, -0.1) is 11.3 Å². The number of nitrogens with zero attached hydrogens (tertiary/aromatic N) is 2.